The fourth-order valence-corrected chi connectivity index (χ4v) is 3.07. The predicted molar refractivity (Wildman–Crippen MR) is 83.5 cm³/mol. The molecule has 2 aromatic rings. The number of amides is 1. The highest BCUT2D eigenvalue weighted by Crippen LogP contribution is 2.28. The van der Waals surface area contributed by atoms with Gasteiger partial charge in [-0.3, -0.25) is 4.79 Å². The van der Waals surface area contributed by atoms with Crippen molar-refractivity contribution >= 4 is 27.5 Å². The first-order valence-electron chi connectivity index (χ1n) is 6.87. The first kappa shape index (κ1) is 14.1. The van der Waals surface area contributed by atoms with Crippen molar-refractivity contribution in [3.05, 3.63) is 46.3 Å². The summed E-state index contributed by atoms with van der Waals surface area (Å²) in [5.74, 6) is 0.0708. The van der Waals surface area contributed by atoms with Gasteiger partial charge >= 0.3 is 0 Å². The average molecular weight is 350 g/mol. The van der Waals surface area contributed by atoms with Gasteiger partial charge in [-0.1, -0.05) is 17.3 Å². The van der Waals surface area contributed by atoms with Crippen molar-refractivity contribution < 1.29 is 9.32 Å². The second kappa shape index (κ2) is 5.89. The van der Waals surface area contributed by atoms with E-state index in [1.54, 1.807) is 13.0 Å². The van der Waals surface area contributed by atoms with E-state index in [0.717, 1.165) is 29.7 Å². The van der Waals surface area contributed by atoms with E-state index < -0.39 is 0 Å². The van der Waals surface area contributed by atoms with Crippen LogP contribution in [0.1, 0.15) is 22.7 Å². The van der Waals surface area contributed by atoms with E-state index in [9.17, 15) is 4.79 Å². The lowest BCUT2D eigenvalue weighted by atomic mass is 10.2. The summed E-state index contributed by atoms with van der Waals surface area (Å²) >= 11 is 3.56. The molecule has 0 spiro atoms. The molecule has 1 unspecified atom stereocenters. The van der Waals surface area contributed by atoms with Gasteiger partial charge in [-0.25, -0.2) is 0 Å². The highest BCUT2D eigenvalue weighted by molar-refractivity contribution is 9.10. The van der Waals surface area contributed by atoms with E-state index in [1.165, 1.54) is 0 Å². The molecule has 1 N–H and O–H groups in total. The molecule has 0 bridgehead atoms. The second-order valence-corrected chi connectivity index (χ2v) is 6.04. The van der Waals surface area contributed by atoms with Gasteiger partial charge in [0.25, 0.3) is 5.91 Å². The van der Waals surface area contributed by atoms with E-state index in [1.807, 2.05) is 18.2 Å². The molecule has 1 atom stereocenters. The maximum atomic E-state index is 12.1. The summed E-state index contributed by atoms with van der Waals surface area (Å²) < 4.78 is 6.06. The van der Waals surface area contributed by atoms with Crippen LogP contribution in [0.25, 0.3) is 0 Å². The minimum absolute atomic E-state index is 0.120. The van der Waals surface area contributed by atoms with Crippen LogP contribution in [0.4, 0.5) is 5.69 Å². The lowest BCUT2D eigenvalue weighted by Gasteiger charge is -2.20. The zero-order chi connectivity index (χ0) is 14.8. The summed E-state index contributed by atoms with van der Waals surface area (Å²) in [6, 6.07) is 9.89. The largest absolute Gasteiger partial charge is 0.368 e. The third kappa shape index (κ3) is 3.10. The van der Waals surface area contributed by atoms with Gasteiger partial charge in [0, 0.05) is 29.7 Å². The molecule has 1 fully saturated rings. The third-order valence-electron chi connectivity index (χ3n) is 3.57. The molecular formula is C15H16BrN3O2. The Hall–Kier alpha value is -1.82. The number of anilines is 1. The Balaban J connectivity index is 1.63. The monoisotopic (exact) mass is 349 g/mol. The summed E-state index contributed by atoms with van der Waals surface area (Å²) in [5.41, 5.74) is 1.87. The average Bonchev–Trinajstić information content (AvgIpc) is 3.08. The number of carbonyl (C=O) groups excluding carboxylic acids is 1. The van der Waals surface area contributed by atoms with Crippen molar-refractivity contribution in [2.24, 2.45) is 0 Å². The van der Waals surface area contributed by atoms with Crippen LogP contribution in [0.2, 0.25) is 0 Å². The zero-order valence-corrected chi connectivity index (χ0v) is 13.3. The van der Waals surface area contributed by atoms with Crippen LogP contribution in [-0.4, -0.2) is 30.2 Å². The molecule has 1 aromatic heterocycles. The predicted octanol–water partition coefficient (Wildman–Crippen LogP) is 2.75. The van der Waals surface area contributed by atoms with Crippen molar-refractivity contribution in [3.63, 3.8) is 0 Å². The molecule has 1 aliphatic heterocycles. The van der Waals surface area contributed by atoms with E-state index in [4.69, 9.17) is 4.52 Å². The molecular weight excluding hydrogens is 334 g/mol. The molecule has 0 aliphatic carbocycles. The molecule has 2 heterocycles. The zero-order valence-electron chi connectivity index (χ0n) is 11.7. The van der Waals surface area contributed by atoms with Gasteiger partial charge < -0.3 is 14.7 Å². The summed E-state index contributed by atoms with van der Waals surface area (Å²) in [5, 5.41) is 6.73. The van der Waals surface area contributed by atoms with E-state index in [2.05, 4.69) is 37.4 Å². The van der Waals surface area contributed by atoms with Crippen LogP contribution in [0, 0.1) is 6.92 Å². The maximum absolute atomic E-state index is 12.1. The normalized spacial score (nSPS) is 18.0. The molecule has 0 saturated carbocycles. The second-order valence-electron chi connectivity index (χ2n) is 5.19. The van der Waals surface area contributed by atoms with Crippen LogP contribution in [0.5, 0.6) is 0 Å². The van der Waals surface area contributed by atoms with Gasteiger partial charge in [0.05, 0.1) is 11.4 Å². The first-order valence-corrected chi connectivity index (χ1v) is 7.66. The Labute approximate surface area is 131 Å². The molecule has 1 aliphatic rings. The number of aromatic nitrogens is 1. The molecule has 21 heavy (non-hydrogen) atoms. The van der Waals surface area contributed by atoms with Gasteiger partial charge in [-0.15, -0.1) is 0 Å². The van der Waals surface area contributed by atoms with E-state index in [-0.39, 0.29) is 17.7 Å². The van der Waals surface area contributed by atoms with E-state index in [0.29, 0.717) is 5.69 Å². The fourth-order valence-electron chi connectivity index (χ4n) is 2.53. The Morgan fingerprint density at radius 3 is 3.00 bits per heavy atom. The van der Waals surface area contributed by atoms with Crippen LogP contribution in [0.15, 0.2) is 39.3 Å². The quantitative estimate of drug-likeness (QED) is 0.925. The number of carbonyl (C=O) groups is 1. The first-order chi connectivity index (χ1) is 10.1. The van der Waals surface area contributed by atoms with Crippen molar-refractivity contribution in [2.45, 2.75) is 19.4 Å². The number of nitrogens with zero attached hydrogens (tertiary/aromatic N) is 2. The molecule has 110 valence electrons. The molecule has 1 amide bonds. The lowest BCUT2D eigenvalue weighted by molar-refractivity contribution is 0.0903. The molecule has 3 rings (SSSR count). The summed E-state index contributed by atoms with van der Waals surface area (Å²) in [6.45, 7) is 3.51. The van der Waals surface area contributed by atoms with Crippen LogP contribution < -0.4 is 10.2 Å². The highest BCUT2D eigenvalue weighted by Gasteiger charge is 2.26. The number of benzene rings is 1. The minimum Gasteiger partial charge on any atom is -0.368 e. The van der Waals surface area contributed by atoms with E-state index >= 15 is 0 Å². The number of hydrogen-bond acceptors (Lipinski definition) is 4. The standard InChI is InChI=1S/C15H16BrN3O2/c1-10-8-14(21-18-10)15(20)17-11-6-7-19(9-11)13-5-3-2-4-12(13)16/h2-5,8,11H,6-7,9H2,1H3,(H,17,20). The van der Waals surface area contributed by atoms with Crippen molar-refractivity contribution in [1.29, 1.82) is 0 Å². The van der Waals surface area contributed by atoms with Gasteiger partial charge in [0.15, 0.2) is 0 Å². The number of nitrogens with one attached hydrogen (secondary N) is 1. The van der Waals surface area contributed by atoms with Crippen LogP contribution >= 0.6 is 15.9 Å². The fraction of sp³-hybridized carbons (Fsp3) is 0.333. The number of hydrogen-bond donors (Lipinski definition) is 1. The highest BCUT2D eigenvalue weighted by atomic mass is 79.9. The van der Waals surface area contributed by atoms with Gasteiger partial charge in [0.2, 0.25) is 5.76 Å². The molecule has 6 heteroatoms. The number of rotatable bonds is 3. The molecule has 5 nitrogen and oxygen atoms in total. The van der Waals surface area contributed by atoms with Crippen molar-refractivity contribution in [3.8, 4) is 0 Å². The topological polar surface area (TPSA) is 58.4 Å². The van der Waals surface area contributed by atoms with Gasteiger partial charge in [-0.2, -0.15) is 0 Å². The maximum Gasteiger partial charge on any atom is 0.290 e. The Bertz CT molecular complexity index is 656. The van der Waals surface area contributed by atoms with Gasteiger partial charge in [-0.05, 0) is 41.4 Å². The summed E-state index contributed by atoms with van der Waals surface area (Å²) in [6.07, 6.45) is 0.917. The van der Waals surface area contributed by atoms with Crippen LogP contribution in [-0.2, 0) is 0 Å². The minimum atomic E-state index is -0.199. The Morgan fingerprint density at radius 2 is 2.29 bits per heavy atom. The van der Waals surface area contributed by atoms with Crippen LogP contribution in [0.3, 0.4) is 0 Å². The SMILES string of the molecule is Cc1cc(C(=O)NC2CCN(c3ccccc3Br)C2)on1. The van der Waals surface area contributed by atoms with Gasteiger partial charge in [0.1, 0.15) is 0 Å². The number of para-hydroxylation sites is 1. The third-order valence-corrected chi connectivity index (χ3v) is 4.24. The molecule has 0 radical (unpaired) electrons. The lowest BCUT2D eigenvalue weighted by Crippen LogP contribution is -2.37. The number of aryl methyl sites for hydroxylation is 1. The van der Waals surface area contributed by atoms with Crippen molar-refractivity contribution in [2.75, 3.05) is 18.0 Å². The number of halogens is 1. The Morgan fingerprint density at radius 1 is 1.48 bits per heavy atom. The van der Waals surface area contributed by atoms with Crippen molar-refractivity contribution in [1.82, 2.24) is 10.5 Å². The molecule has 1 aromatic carbocycles. The smallest absolute Gasteiger partial charge is 0.290 e. The summed E-state index contributed by atoms with van der Waals surface area (Å²) in [7, 11) is 0. The Kier molecular flexibility index (Phi) is 3.96. The summed E-state index contributed by atoms with van der Waals surface area (Å²) in [4.78, 5) is 14.3. The molecule has 1 saturated heterocycles.